The molecule has 1 N–H and O–H groups in total. The Labute approximate surface area is 170 Å². The van der Waals surface area contributed by atoms with E-state index in [-0.39, 0.29) is 12.2 Å². The summed E-state index contributed by atoms with van der Waals surface area (Å²) in [7, 11) is 0. The van der Waals surface area contributed by atoms with E-state index in [9.17, 15) is 9.59 Å². The molecule has 2 aromatic carbocycles. The van der Waals surface area contributed by atoms with Crippen LogP contribution in [0.4, 0.5) is 5.69 Å². The lowest BCUT2D eigenvalue weighted by atomic mass is 10.1. The number of benzene rings is 2. The Morgan fingerprint density at radius 3 is 2.64 bits per heavy atom. The van der Waals surface area contributed by atoms with Crippen molar-refractivity contribution in [3.05, 3.63) is 58.1 Å². The highest BCUT2D eigenvalue weighted by Crippen LogP contribution is 2.37. The van der Waals surface area contributed by atoms with Gasteiger partial charge in [0.2, 0.25) is 0 Å². The number of carbonyl (C=O) groups excluding carboxylic acids is 2. The first-order valence-corrected chi connectivity index (χ1v) is 9.22. The fourth-order valence-electron chi connectivity index (χ4n) is 2.66. The van der Waals surface area contributed by atoms with Gasteiger partial charge in [0.05, 0.1) is 16.8 Å². The zero-order valence-electron chi connectivity index (χ0n) is 14.9. The number of rotatable bonds is 6. The van der Waals surface area contributed by atoms with Gasteiger partial charge in [0.1, 0.15) is 11.6 Å². The van der Waals surface area contributed by atoms with Crippen LogP contribution in [0.15, 0.2) is 52.5 Å². The molecule has 0 aromatic heterocycles. The van der Waals surface area contributed by atoms with E-state index in [1.54, 1.807) is 36.4 Å². The Bertz CT molecular complexity index is 983. The number of amides is 2. The number of carbonyl (C=O) groups is 2. The molecule has 0 bridgehead atoms. The Morgan fingerprint density at radius 1 is 1.21 bits per heavy atom. The average Bonchev–Trinajstić information content (AvgIpc) is 2.96. The standard InChI is InChI=1S/C20H16BrN3O4/c1-2-27-17-12-13(11-16(21)18(17)28-9-8-22)10-15-19(25)23-24(20(15)26)14-6-4-3-5-7-14/h3-7,10-12H,2,9H2,1H3,(H,23,25)/b15-10-. The summed E-state index contributed by atoms with van der Waals surface area (Å²) in [6.45, 7) is 2.07. The first-order valence-electron chi connectivity index (χ1n) is 8.43. The second kappa shape index (κ2) is 8.59. The SMILES string of the molecule is CCOc1cc(/C=C2/C(=O)NN(c3ccccc3)C2=O)cc(Br)c1OCC#N. The van der Waals surface area contributed by atoms with Crippen LogP contribution in [0.2, 0.25) is 0 Å². The van der Waals surface area contributed by atoms with Gasteiger partial charge in [-0.25, -0.2) is 5.01 Å². The quantitative estimate of drug-likeness (QED) is 0.548. The van der Waals surface area contributed by atoms with Gasteiger partial charge in [-0.05, 0) is 58.8 Å². The van der Waals surface area contributed by atoms with E-state index in [0.29, 0.717) is 33.8 Å². The van der Waals surface area contributed by atoms with Gasteiger partial charge < -0.3 is 9.47 Å². The largest absolute Gasteiger partial charge is 0.490 e. The Kier molecular flexibility index (Phi) is 5.96. The minimum absolute atomic E-state index is 0.00361. The van der Waals surface area contributed by atoms with Crippen molar-refractivity contribution < 1.29 is 19.1 Å². The van der Waals surface area contributed by atoms with Crippen LogP contribution in [0.5, 0.6) is 11.5 Å². The summed E-state index contributed by atoms with van der Waals surface area (Å²) in [5.41, 5.74) is 3.71. The maximum atomic E-state index is 12.7. The summed E-state index contributed by atoms with van der Waals surface area (Å²) in [6, 6.07) is 14.1. The molecule has 0 saturated carbocycles. The van der Waals surface area contributed by atoms with Crippen LogP contribution in [0, 0.1) is 11.3 Å². The third-order valence-electron chi connectivity index (χ3n) is 3.83. The van der Waals surface area contributed by atoms with Crippen molar-refractivity contribution >= 4 is 39.5 Å². The van der Waals surface area contributed by atoms with Gasteiger partial charge in [0.15, 0.2) is 18.1 Å². The summed E-state index contributed by atoms with van der Waals surface area (Å²) in [5.74, 6) is -0.147. The lowest BCUT2D eigenvalue weighted by molar-refractivity contribution is -0.117. The first-order chi connectivity index (χ1) is 13.5. The van der Waals surface area contributed by atoms with Crippen LogP contribution in [-0.4, -0.2) is 25.0 Å². The zero-order chi connectivity index (χ0) is 20.1. The Balaban J connectivity index is 1.95. The molecule has 7 nitrogen and oxygen atoms in total. The molecule has 0 atom stereocenters. The smallest absolute Gasteiger partial charge is 0.282 e. The summed E-state index contributed by atoms with van der Waals surface area (Å²) in [5, 5.41) is 9.94. The summed E-state index contributed by atoms with van der Waals surface area (Å²) >= 11 is 3.39. The van der Waals surface area contributed by atoms with Crippen molar-refractivity contribution in [1.82, 2.24) is 5.43 Å². The molecule has 1 saturated heterocycles. The predicted octanol–water partition coefficient (Wildman–Crippen LogP) is 3.21. The molecular weight excluding hydrogens is 426 g/mol. The molecule has 1 aliphatic rings. The number of hydrogen-bond acceptors (Lipinski definition) is 5. The highest BCUT2D eigenvalue weighted by Gasteiger charge is 2.34. The Hall–Kier alpha value is -3.31. The van der Waals surface area contributed by atoms with Gasteiger partial charge in [-0.15, -0.1) is 0 Å². The van der Waals surface area contributed by atoms with Crippen LogP contribution in [-0.2, 0) is 9.59 Å². The van der Waals surface area contributed by atoms with Crippen LogP contribution >= 0.6 is 15.9 Å². The molecule has 0 spiro atoms. The van der Waals surface area contributed by atoms with Gasteiger partial charge in [0, 0.05) is 0 Å². The normalized spacial score (nSPS) is 14.8. The first kappa shape index (κ1) is 19.5. The van der Waals surface area contributed by atoms with Crippen molar-refractivity contribution in [2.75, 3.05) is 18.2 Å². The molecule has 1 fully saturated rings. The number of halogens is 1. The van der Waals surface area contributed by atoms with E-state index in [2.05, 4.69) is 21.4 Å². The average molecular weight is 442 g/mol. The second-order valence-corrected chi connectivity index (χ2v) is 6.54. The maximum absolute atomic E-state index is 12.7. The van der Waals surface area contributed by atoms with Crippen LogP contribution in [0.3, 0.4) is 0 Å². The molecule has 2 amide bonds. The van der Waals surface area contributed by atoms with E-state index in [0.717, 1.165) is 0 Å². The fourth-order valence-corrected chi connectivity index (χ4v) is 3.24. The third kappa shape index (κ3) is 4.00. The van der Waals surface area contributed by atoms with E-state index in [1.165, 1.54) is 11.1 Å². The Morgan fingerprint density at radius 2 is 1.96 bits per heavy atom. The van der Waals surface area contributed by atoms with Gasteiger partial charge in [-0.2, -0.15) is 5.26 Å². The molecule has 0 radical (unpaired) electrons. The molecule has 2 aromatic rings. The van der Waals surface area contributed by atoms with E-state index in [1.807, 2.05) is 19.1 Å². The van der Waals surface area contributed by atoms with Gasteiger partial charge in [-0.3, -0.25) is 15.0 Å². The topological polar surface area (TPSA) is 91.7 Å². The zero-order valence-corrected chi connectivity index (χ0v) is 16.5. The number of hydrogen-bond donors (Lipinski definition) is 1. The van der Waals surface area contributed by atoms with Crippen molar-refractivity contribution in [3.63, 3.8) is 0 Å². The van der Waals surface area contributed by atoms with Crippen molar-refractivity contribution in [1.29, 1.82) is 5.26 Å². The number of anilines is 1. The van der Waals surface area contributed by atoms with Crippen LogP contribution in [0.1, 0.15) is 12.5 Å². The summed E-state index contributed by atoms with van der Waals surface area (Å²) in [4.78, 5) is 25.0. The van der Waals surface area contributed by atoms with Crippen LogP contribution in [0.25, 0.3) is 6.08 Å². The van der Waals surface area contributed by atoms with E-state index in [4.69, 9.17) is 14.7 Å². The summed E-state index contributed by atoms with van der Waals surface area (Å²) in [6.07, 6.45) is 1.49. The van der Waals surface area contributed by atoms with E-state index < -0.39 is 11.8 Å². The number of hydrazine groups is 1. The highest BCUT2D eigenvalue weighted by molar-refractivity contribution is 9.10. The molecule has 8 heteroatoms. The second-order valence-electron chi connectivity index (χ2n) is 5.68. The summed E-state index contributed by atoms with van der Waals surface area (Å²) < 4.78 is 11.5. The molecule has 1 aliphatic heterocycles. The van der Waals surface area contributed by atoms with Gasteiger partial charge in [-0.1, -0.05) is 18.2 Å². The number of nitriles is 1. The minimum Gasteiger partial charge on any atom is -0.490 e. The van der Waals surface area contributed by atoms with E-state index >= 15 is 0 Å². The number of para-hydroxylation sites is 1. The molecular formula is C20H16BrN3O4. The van der Waals surface area contributed by atoms with Crippen molar-refractivity contribution in [3.8, 4) is 17.6 Å². The minimum atomic E-state index is -0.493. The maximum Gasteiger partial charge on any atom is 0.282 e. The molecule has 1 heterocycles. The lowest BCUT2D eigenvalue weighted by Gasteiger charge is -2.14. The van der Waals surface area contributed by atoms with Crippen molar-refractivity contribution in [2.45, 2.75) is 6.92 Å². The van der Waals surface area contributed by atoms with Gasteiger partial charge in [0.25, 0.3) is 11.8 Å². The predicted molar refractivity (Wildman–Crippen MR) is 106 cm³/mol. The van der Waals surface area contributed by atoms with Crippen LogP contribution < -0.4 is 19.9 Å². The molecule has 142 valence electrons. The molecule has 3 rings (SSSR count). The number of nitrogens with zero attached hydrogens (tertiary/aromatic N) is 2. The van der Waals surface area contributed by atoms with Gasteiger partial charge >= 0.3 is 0 Å². The molecule has 28 heavy (non-hydrogen) atoms. The number of nitrogens with one attached hydrogen (secondary N) is 1. The number of ether oxygens (including phenoxy) is 2. The fraction of sp³-hybridized carbons (Fsp3) is 0.150. The highest BCUT2D eigenvalue weighted by atomic mass is 79.9. The lowest BCUT2D eigenvalue weighted by Crippen LogP contribution is -2.35. The molecule has 0 aliphatic carbocycles. The third-order valence-corrected chi connectivity index (χ3v) is 4.42. The molecule has 0 unspecified atom stereocenters. The monoisotopic (exact) mass is 441 g/mol. The van der Waals surface area contributed by atoms with Crippen molar-refractivity contribution in [2.24, 2.45) is 0 Å².